The lowest BCUT2D eigenvalue weighted by atomic mass is 10.1. The van der Waals surface area contributed by atoms with Crippen LogP contribution >= 0.6 is 11.6 Å². The minimum absolute atomic E-state index is 0.241. The molecule has 68 valence electrons. The molecule has 0 atom stereocenters. The molecule has 0 radical (unpaired) electrons. The lowest BCUT2D eigenvalue weighted by Crippen LogP contribution is -1.97. The molecule has 0 aromatic carbocycles. The summed E-state index contributed by atoms with van der Waals surface area (Å²) in [5, 5.41) is 0.241. The zero-order valence-corrected chi connectivity index (χ0v) is 7.84. The number of hydrogen-bond acceptors (Lipinski definition) is 3. The second kappa shape index (κ2) is 3.34. The zero-order chi connectivity index (χ0) is 9.26. The molecule has 13 heavy (non-hydrogen) atoms. The van der Waals surface area contributed by atoms with Crippen molar-refractivity contribution in [3.63, 3.8) is 0 Å². The van der Waals surface area contributed by atoms with Gasteiger partial charge in [-0.2, -0.15) is 0 Å². The number of aromatic nitrogens is 2. The number of ether oxygens (including phenoxy) is 1. The van der Waals surface area contributed by atoms with Crippen LogP contribution < -0.4 is 4.74 Å². The van der Waals surface area contributed by atoms with Gasteiger partial charge in [0.25, 0.3) is 0 Å². The summed E-state index contributed by atoms with van der Waals surface area (Å²) in [6, 6.07) is 0. The molecule has 0 fully saturated rings. The van der Waals surface area contributed by atoms with Crippen LogP contribution in [0.4, 0.5) is 0 Å². The van der Waals surface area contributed by atoms with Crippen LogP contribution in [0.15, 0.2) is 12.8 Å². The van der Waals surface area contributed by atoms with Gasteiger partial charge >= 0.3 is 0 Å². The summed E-state index contributed by atoms with van der Waals surface area (Å²) in [5.41, 5.74) is 1.72. The second-order valence-electron chi connectivity index (χ2n) is 2.91. The molecule has 4 heteroatoms. The first kappa shape index (κ1) is 8.51. The van der Waals surface area contributed by atoms with Crippen LogP contribution in [-0.2, 0) is 0 Å². The molecule has 2 rings (SSSR count). The van der Waals surface area contributed by atoms with Gasteiger partial charge in [-0.3, -0.25) is 0 Å². The fourth-order valence-electron chi connectivity index (χ4n) is 1.29. The maximum absolute atomic E-state index is 5.68. The van der Waals surface area contributed by atoms with Crippen molar-refractivity contribution in [1.82, 2.24) is 9.97 Å². The quantitative estimate of drug-likeness (QED) is 0.598. The molecule has 0 spiro atoms. The fraction of sp³-hybridized carbons (Fsp3) is 0.333. The minimum atomic E-state index is 0.241. The van der Waals surface area contributed by atoms with Crippen molar-refractivity contribution >= 4 is 17.2 Å². The van der Waals surface area contributed by atoms with Gasteiger partial charge in [0, 0.05) is 0 Å². The molecule has 1 aromatic rings. The van der Waals surface area contributed by atoms with Gasteiger partial charge in [-0.15, -0.1) is 0 Å². The Morgan fingerprint density at radius 3 is 3.23 bits per heavy atom. The van der Waals surface area contributed by atoms with Gasteiger partial charge in [0.1, 0.15) is 5.69 Å². The minimum Gasteiger partial charge on any atom is -0.490 e. The van der Waals surface area contributed by atoms with Crippen molar-refractivity contribution < 1.29 is 4.74 Å². The number of halogens is 1. The summed E-state index contributed by atoms with van der Waals surface area (Å²) < 4.78 is 5.43. The van der Waals surface area contributed by atoms with E-state index in [0.717, 1.165) is 24.1 Å². The Labute approximate surface area is 81.4 Å². The highest BCUT2D eigenvalue weighted by molar-refractivity contribution is 6.28. The van der Waals surface area contributed by atoms with E-state index in [1.807, 2.05) is 0 Å². The van der Waals surface area contributed by atoms with Gasteiger partial charge < -0.3 is 4.74 Å². The number of allylic oxidation sites excluding steroid dienone is 1. The Morgan fingerprint density at radius 2 is 2.38 bits per heavy atom. The summed E-state index contributed by atoms with van der Waals surface area (Å²) >= 11 is 5.68. The molecular weight excluding hydrogens is 188 g/mol. The van der Waals surface area contributed by atoms with Gasteiger partial charge in [-0.05, 0) is 30.0 Å². The van der Waals surface area contributed by atoms with E-state index in [2.05, 4.69) is 16.5 Å². The fourth-order valence-corrected chi connectivity index (χ4v) is 1.43. The smallest absolute Gasteiger partial charge is 0.223 e. The Morgan fingerprint density at radius 1 is 1.54 bits per heavy atom. The molecule has 0 unspecified atom stereocenters. The van der Waals surface area contributed by atoms with Crippen molar-refractivity contribution in [3.8, 4) is 5.75 Å². The molecule has 0 aliphatic carbocycles. The summed E-state index contributed by atoms with van der Waals surface area (Å²) in [5.74, 6) is 0.687. The van der Waals surface area contributed by atoms with E-state index in [0.29, 0.717) is 12.4 Å². The Kier molecular flexibility index (Phi) is 2.19. The molecule has 0 N–H and O–H groups in total. The molecule has 2 heterocycles. The average molecular weight is 197 g/mol. The Bertz CT molecular complexity index is 351. The first-order valence-electron chi connectivity index (χ1n) is 4.11. The van der Waals surface area contributed by atoms with Crippen LogP contribution in [0, 0.1) is 0 Å². The molecule has 1 aliphatic heterocycles. The second-order valence-corrected chi connectivity index (χ2v) is 3.25. The normalized spacial score (nSPS) is 15.9. The summed E-state index contributed by atoms with van der Waals surface area (Å²) in [6.07, 6.45) is 3.47. The predicted molar refractivity (Wildman–Crippen MR) is 50.8 cm³/mol. The standard InChI is InChI=1S/C9H9ClN2O/c1-6-3-2-4-13-7-5-11-9(10)12-8(6)7/h5H,1-4H2. The largest absolute Gasteiger partial charge is 0.490 e. The van der Waals surface area contributed by atoms with Gasteiger partial charge in [-0.1, -0.05) is 6.58 Å². The number of hydrogen-bond donors (Lipinski definition) is 0. The SMILES string of the molecule is C=C1CCCOc2cnc(Cl)nc21. The van der Waals surface area contributed by atoms with Crippen LogP contribution in [0.1, 0.15) is 18.5 Å². The maximum Gasteiger partial charge on any atom is 0.223 e. The third-order valence-corrected chi connectivity index (χ3v) is 2.12. The van der Waals surface area contributed by atoms with Crippen molar-refractivity contribution in [1.29, 1.82) is 0 Å². The van der Waals surface area contributed by atoms with Gasteiger partial charge in [0.15, 0.2) is 5.75 Å². The van der Waals surface area contributed by atoms with Crippen molar-refractivity contribution in [2.75, 3.05) is 6.61 Å². The average Bonchev–Trinajstić information content (AvgIpc) is 2.29. The third-order valence-electron chi connectivity index (χ3n) is 1.94. The summed E-state index contributed by atoms with van der Waals surface area (Å²) in [4.78, 5) is 7.94. The molecule has 0 bridgehead atoms. The van der Waals surface area contributed by atoms with E-state index in [1.165, 1.54) is 0 Å². The van der Waals surface area contributed by atoms with Crippen LogP contribution in [0.3, 0.4) is 0 Å². The first-order valence-corrected chi connectivity index (χ1v) is 4.48. The van der Waals surface area contributed by atoms with Gasteiger partial charge in [-0.25, -0.2) is 9.97 Å². The Hall–Kier alpha value is -1.09. The van der Waals surface area contributed by atoms with E-state index < -0.39 is 0 Å². The van der Waals surface area contributed by atoms with E-state index in [4.69, 9.17) is 16.3 Å². The van der Waals surface area contributed by atoms with Crippen LogP contribution in [-0.4, -0.2) is 16.6 Å². The lowest BCUT2D eigenvalue weighted by molar-refractivity contribution is 0.315. The highest BCUT2D eigenvalue weighted by Crippen LogP contribution is 2.29. The number of rotatable bonds is 0. The molecule has 0 saturated heterocycles. The van der Waals surface area contributed by atoms with Crippen LogP contribution in [0.5, 0.6) is 5.75 Å². The third kappa shape index (κ3) is 1.65. The summed E-state index contributed by atoms with van der Waals surface area (Å²) in [6.45, 7) is 4.62. The topological polar surface area (TPSA) is 35.0 Å². The van der Waals surface area contributed by atoms with Crippen molar-refractivity contribution in [2.24, 2.45) is 0 Å². The van der Waals surface area contributed by atoms with E-state index in [9.17, 15) is 0 Å². The lowest BCUT2D eigenvalue weighted by Gasteiger charge is -2.05. The van der Waals surface area contributed by atoms with E-state index >= 15 is 0 Å². The molecule has 3 nitrogen and oxygen atoms in total. The predicted octanol–water partition coefficient (Wildman–Crippen LogP) is 2.32. The Balaban J connectivity index is 2.49. The van der Waals surface area contributed by atoms with E-state index in [-0.39, 0.29) is 5.28 Å². The monoisotopic (exact) mass is 196 g/mol. The highest BCUT2D eigenvalue weighted by Gasteiger charge is 2.14. The van der Waals surface area contributed by atoms with Crippen LogP contribution in [0.2, 0.25) is 5.28 Å². The molecule has 0 amide bonds. The molecule has 0 saturated carbocycles. The van der Waals surface area contributed by atoms with Crippen LogP contribution in [0.25, 0.3) is 5.57 Å². The first-order chi connectivity index (χ1) is 6.27. The van der Waals surface area contributed by atoms with E-state index in [1.54, 1.807) is 6.20 Å². The van der Waals surface area contributed by atoms with Crippen molar-refractivity contribution in [3.05, 3.63) is 23.8 Å². The maximum atomic E-state index is 5.68. The molecule has 1 aliphatic rings. The number of fused-ring (bicyclic) bond motifs is 1. The van der Waals surface area contributed by atoms with Crippen molar-refractivity contribution in [2.45, 2.75) is 12.8 Å². The highest BCUT2D eigenvalue weighted by atomic mass is 35.5. The number of nitrogens with zero attached hydrogens (tertiary/aromatic N) is 2. The summed E-state index contributed by atoms with van der Waals surface area (Å²) in [7, 11) is 0. The van der Waals surface area contributed by atoms with Gasteiger partial charge in [0.2, 0.25) is 5.28 Å². The van der Waals surface area contributed by atoms with Gasteiger partial charge in [0.05, 0.1) is 12.8 Å². The molecule has 1 aromatic heterocycles. The molecular formula is C9H9ClN2O. The zero-order valence-electron chi connectivity index (χ0n) is 7.09.